The van der Waals surface area contributed by atoms with Crippen LogP contribution in [0.1, 0.15) is 17.4 Å². The number of hydrogen-bond acceptors (Lipinski definition) is 7. The second-order valence-corrected chi connectivity index (χ2v) is 6.19. The highest BCUT2D eigenvalue weighted by molar-refractivity contribution is 7.14. The van der Waals surface area contributed by atoms with Crippen LogP contribution >= 0.6 is 23.7 Å². The third-order valence-corrected chi connectivity index (χ3v) is 4.48. The van der Waals surface area contributed by atoms with Crippen molar-refractivity contribution in [3.63, 3.8) is 0 Å². The number of hydrogen-bond donors (Lipinski definition) is 3. The Hall–Kier alpha value is -1.94. The zero-order valence-electron chi connectivity index (χ0n) is 13.7. The maximum Gasteiger partial charge on any atom is 0.354 e. The normalized spacial score (nSPS) is 19.8. The van der Waals surface area contributed by atoms with Crippen LogP contribution in [0, 0.1) is 0 Å². The van der Waals surface area contributed by atoms with Gasteiger partial charge in [-0.05, 0) is 13.0 Å². The lowest BCUT2D eigenvalue weighted by molar-refractivity contribution is -0.123. The molecule has 1 fully saturated rings. The number of halogens is 1. The van der Waals surface area contributed by atoms with Gasteiger partial charge >= 0.3 is 5.97 Å². The number of ether oxygens (including phenoxy) is 2. The maximum atomic E-state index is 12.3. The number of aromatic amines is 1. The van der Waals surface area contributed by atoms with Gasteiger partial charge in [-0.25, -0.2) is 9.78 Å². The third kappa shape index (κ3) is 4.37. The van der Waals surface area contributed by atoms with E-state index in [0.29, 0.717) is 29.7 Å². The van der Waals surface area contributed by atoms with E-state index < -0.39 is 12.0 Å². The fourth-order valence-corrected chi connectivity index (χ4v) is 3.17. The lowest BCUT2D eigenvalue weighted by Gasteiger charge is -2.28. The third-order valence-electron chi connectivity index (χ3n) is 3.72. The summed E-state index contributed by atoms with van der Waals surface area (Å²) in [6.07, 6.45) is 1.48. The van der Waals surface area contributed by atoms with E-state index in [-0.39, 0.29) is 24.4 Å². The van der Waals surface area contributed by atoms with Crippen LogP contribution in [0.2, 0.25) is 0 Å². The fraction of sp³-hybridized carbons (Fsp3) is 0.400. The summed E-state index contributed by atoms with van der Waals surface area (Å²) in [6, 6.07) is 1.26. The first-order valence-electron chi connectivity index (χ1n) is 7.47. The molecule has 0 unspecified atom stereocenters. The van der Waals surface area contributed by atoms with Crippen LogP contribution in [0.5, 0.6) is 0 Å². The number of nitrogens with one attached hydrogen (secondary N) is 3. The second kappa shape index (κ2) is 8.43. The van der Waals surface area contributed by atoms with Gasteiger partial charge in [-0.15, -0.1) is 23.7 Å². The van der Waals surface area contributed by atoms with Gasteiger partial charge in [-0.3, -0.25) is 4.79 Å². The number of carbonyl (C=O) groups is 2. The minimum absolute atomic E-state index is 0. The monoisotopic (exact) mass is 386 g/mol. The molecule has 1 aliphatic heterocycles. The van der Waals surface area contributed by atoms with Gasteiger partial charge in [0, 0.05) is 23.7 Å². The van der Waals surface area contributed by atoms with Crippen LogP contribution in [0.3, 0.4) is 0 Å². The molecule has 0 radical (unpaired) electrons. The second-order valence-electron chi connectivity index (χ2n) is 5.33. The molecule has 0 aliphatic carbocycles. The fourth-order valence-electron chi connectivity index (χ4n) is 2.44. The lowest BCUT2D eigenvalue weighted by Crippen LogP contribution is -2.53. The lowest BCUT2D eigenvalue weighted by atomic mass is 10.1. The number of morpholine rings is 1. The van der Waals surface area contributed by atoms with Crippen LogP contribution < -0.4 is 10.6 Å². The molecule has 10 heteroatoms. The van der Waals surface area contributed by atoms with Crippen LogP contribution in [0.4, 0.5) is 5.13 Å². The molecular weight excluding hydrogens is 368 g/mol. The first kappa shape index (κ1) is 19.4. The van der Waals surface area contributed by atoms with E-state index in [1.807, 2.05) is 12.3 Å². The number of amides is 1. The number of rotatable bonds is 4. The van der Waals surface area contributed by atoms with Crippen molar-refractivity contribution < 1.29 is 19.1 Å². The first-order valence-corrected chi connectivity index (χ1v) is 8.35. The van der Waals surface area contributed by atoms with Crippen molar-refractivity contribution in [2.45, 2.75) is 19.1 Å². The zero-order valence-corrected chi connectivity index (χ0v) is 15.3. The molecule has 25 heavy (non-hydrogen) atoms. The Labute approximate surface area is 154 Å². The summed E-state index contributed by atoms with van der Waals surface area (Å²) in [4.78, 5) is 31.0. The first-order chi connectivity index (χ1) is 11.6. The number of anilines is 1. The van der Waals surface area contributed by atoms with E-state index in [4.69, 9.17) is 4.74 Å². The molecule has 136 valence electrons. The van der Waals surface area contributed by atoms with Gasteiger partial charge in [-0.2, -0.15) is 0 Å². The minimum atomic E-state index is -0.442. The Kier molecular flexibility index (Phi) is 6.54. The quantitative estimate of drug-likeness (QED) is 0.690. The topological polar surface area (TPSA) is 105 Å². The van der Waals surface area contributed by atoms with Crippen molar-refractivity contribution in [2.75, 3.05) is 25.6 Å². The maximum absolute atomic E-state index is 12.3. The average Bonchev–Trinajstić information content (AvgIpc) is 3.23. The van der Waals surface area contributed by atoms with Gasteiger partial charge in [0.25, 0.3) is 0 Å². The van der Waals surface area contributed by atoms with E-state index in [1.54, 1.807) is 12.3 Å². The summed E-state index contributed by atoms with van der Waals surface area (Å²) < 4.78 is 10.1. The number of carbonyl (C=O) groups excluding carboxylic acids is 2. The van der Waals surface area contributed by atoms with Gasteiger partial charge in [0.1, 0.15) is 11.7 Å². The summed E-state index contributed by atoms with van der Waals surface area (Å²) in [5.41, 5.74) is 1.77. The highest BCUT2D eigenvalue weighted by Gasteiger charge is 2.28. The largest absolute Gasteiger partial charge is 0.464 e. The minimum Gasteiger partial charge on any atom is -0.464 e. The molecule has 3 rings (SSSR count). The Morgan fingerprint density at radius 3 is 3.00 bits per heavy atom. The molecule has 2 aromatic heterocycles. The number of H-pyrrole nitrogens is 1. The van der Waals surface area contributed by atoms with E-state index in [2.05, 4.69) is 25.3 Å². The SMILES string of the molecule is COC(=O)c1cc(-c2csc(NC(=O)[C@H]3NCCO[C@@H]3C)n2)c[nH]1.Cl. The Morgan fingerprint density at radius 1 is 1.48 bits per heavy atom. The highest BCUT2D eigenvalue weighted by Crippen LogP contribution is 2.26. The molecule has 0 bridgehead atoms. The number of thiazole rings is 1. The number of aromatic nitrogens is 2. The zero-order chi connectivity index (χ0) is 17.1. The van der Waals surface area contributed by atoms with Crippen LogP contribution in [0.15, 0.2) is 17.6 Å². The van der Waals surface area contributed by atoms with Crippen LogP contribution in [-0.2, 0) is 14.3 Å². The van der Waals surface area contributed by atoms with Gasteiger partial charge in [-0.1, -0.05) is 0 Å². The van der Waals surface area contributed by atoms with Crippen molar-refractivity contribution in [2.24, 2.45) is 0 Å². The Bertz CT molecular complexity index is 747. The predicted octanol–water partition coefficient (Wildman–Crippen LogP) is 1.66. The standard InChI is InChI=1S/C15H18N4O4S.ClH/c1-8-12(16-3-4-23-8)13(20)19-15-18-11(7-24-15)9-5-10(17-6-9)14(21)22-2;/h5-8,12,16-17H,3-4H2,1-2H3,(H,18,19,20);1H/t8-,12+;/m1./s1. The number of methoxy groups -OCH3 is 1. The van der Waals surface area contributed by atoms with E-state index in [9.17, 15) is 9.59 Å². The molecule has 3 heterocycles. The van der Waals surface area contributed by atoms with Gasteiger partial charge in [0.05, 0.1) is 25.5 Å². The highest BCUT2D eigenvalue weighted by atomic mass is 35.5. The molecule has 1 amide bonds. The van der Waals surface area contributed by atoms with E-state index >= 15 is 0 Å². The van der Waals surface area contributed by atoms with Crippen LogP contribution in [0.25, 0.3) is 11.3 Å². The van der Waals surface area contributed by atoms with Crippen molar-refractivity contribution in [3.8, 4) is 11.3 Å². The molecule has 2 atom stereocenters. The molecule has 2 aromatic rings. The van der Waals surface area contributed by atoms with Crippen molar-refractivity contribution in [1.82, 2.24) is 15.3 Å². The summed E-state index contributed by atoms with van der Waals surface area (Å²) in [6.45, 7) is 3.10. The molecule has 8 nitrogen and oxygen atoms in total. The van der Waals surface area contributed by atoms with Crippen molar-refractivity contribution in [1.29, 1.82) is 0 Å². The number of nitrogens with zero attached hydrogens (tertiary/aromatic N) is 1. The van der Waals surface area contributed by atoms with E-state index in [1.165, 1.54) is 18.4 Å². The smallest absolute Gasteiger partial charge is 0.354 e. The Morgan fingerprint density at radius 2 is 2.28 bits per heavy atom. The van der Waals surface area contributed by atoms with Gasteiger partial charge in [0.15, 0.2) is 5.13 Å². The molecule has 1 aliphatic rings. The van der Waals surface area contributed by atoms with Crippen molar-refractivity contribution in [3.05, 3.63) is 23.3 Å². The summed E-state index contributed by atoms with van der Waals surface area (Å²) in [5.74, 6) is -0.616. The van der Waals surface area contributed by atoms with Gasteiger partial charge < -0.3 is 25.1 Å². The summed E-state index contributed by atoms with van der Waals surface area (Å²) >= 11 is 1.32. The molecule has 1 saturated heterocycles. The number of esters is 1. The van der Waals surface area contributed by atoms with E-state index in [0.717, 1.165) is 5.56 Å². The summed E-state index contributed by atoms with van der Waals surface area (Å²) in [7, 11) is 1.32. The molecular formula is C15H19ClN4O4S. The Balaban J connectivity index is 0.00000225. The summed E-state index contributed by atoms with van der Waals surface area (Å²) in [5, 5.41) is 8.24. The van der Waals surface area contributed by atoms with Gasteiger partial charge in [0.2, 0.25) is 5.91 Å². The van der Waals surface area contributed by atoms with Crippen molar-refractivity contribution >= 4 is 40.8 Å². The molecule has 3 N–H and O–H groups in total. The molecule has 0 aromatic carbocycles. The molecule has 0 saturated carbocycles. The average molecular weight is 387 g/mol. The molecule has 0 spiro atoms. The van der Waals surface area contributed by atoms with Crippen LogP contribution in [-0.4, -0.2) is 54.3 Å². The predicted molar refractivity (Wildman–Crippen MR) is 96.3 cm³/mol.